The number of hydrogen-bond donors (Lipinski definition) is 0. The van der Waals surface area contributed by atoms with E-state index in [1.807, 2.05) is 25.7 Å². The summed E-state index contributed by atoms with van der Waals surface area (Å²) in [5, 5.41) is 10.8. The molecule has 8 heteroatoms. The Morgan fingerprint density at radius 2 is 2.17 bits per heavy atom. The summed E-state index contributed by atoms with van der Waals surface area (Å²) in [5.74, 6) is 0.380. The van der Waals surface area contributed by atoms with Gasteiger partial charge < -0.3 is 24.7 Å². The first-order chi connectivity index (χ1) is 10.7. The summed E-state index contributed by atoms with van der Waals surface area (Å²) in [5.41, 5.74) is -0.536. The zero-order valence-electron chi connectivity index (χ0n) is 13.9. The fourth-order valence-corrected chi connectivity index (χ4v) is 2.44. The molecule has 1 aliphatic rings. The average Bonchev–Trinajstić information content (AvgIpc) is 2.94. The maximum atomic E-state index is 12.1. The molecule has 1 saturated heterocycles. The van der Waals surface area contributed by atoms with Gasteiger partial charge in [0.15, 0.2) is 0 Å². The van der Waals surface area contributed by atoms with E-state index in [-0.39, 0.29) is 18.0 Å². The molecule has 1 aromatic rings. The normalized spacial score (nSPS) is 17.9. The molecule has 1 aliphatic heterocycles. The number of rotatable bonds is 3. The molecule has 0 spiro atoms. The van der Waals surface area contributed by atoms with Gasteiger partial charge >= 0.3 is 11.9 Å². The number of hydrogen-bond acceptors (Lipinski definition) is 6. The Kier molecular flexibility index (Phi) is 4.72. The third-order valence-corrected chi connectivity index (χ3v) is 3.62. The van der Waals surface area contributed by atoms with Gasteiger partial charge in [-0.2, -0.15) is 0 Å². The molecule has 1 aromatic heterocycles. The van der Waals surface area contributed by atoms with Gasteiger partial charge in [0.2, 0.25) is 5.82 Å². The number of anilines is 1. The molecule has 8 nitrogen and oxygen atoms in total. The van der Waals surface area contributed by atoms with Crippen LogP contribution in [0, 0.1) is 10.1 Å². The molecule has 1 amide bonds. The predicted molar refractivity (Wildman–Crippen MR) is 85.5 cm³/mol. The van der Waals surface area contributed by atoms with Crippen LogP contribution in [0.15, 0.2) is 18.2 Å². The Balaban J connectivity index is 2.02. The van der Waals surface area contributed by atoms with Crippen LogP contribution in [0.5, 0.6) is 0 Å². The summed E-state index contributed by atoms with van der Waals surface area (Å²) in [6, 6.07) is 4.71. The van der Waals surface area contributed by atoms with Gasteiger partial charge in [0, 0.05) is 32.3 Å². The van der Waals surface area contributed by atoms with Crippen molar-refractivity contribution < 1.29 is 14.5 Å². The molecule has 0 saturated carbocycles. The topological polar surface area (TPSA) is 88.8 Å². The van der Waals surface area contributed by atoms with Crippen LogP contribution in [0.2, 0.25) is 0 Å². The van der Waals surface area contributed by atoms with E-state index in [1.54, 1.807) is 24.1 Å². The predicted octanol–water partition coefficient (Wildman–Crippen LogP) is 2.44. The quantitative estimate of drug-likeness (QED) is 0.627. The molecule has 2 rings (SSSR count). The molecule has 1 fully saturated rings. The van der Waals surface area contributed by atoms with E-state index in [9.17, 15) is 14.9 Å². The number of ether oxygens (including phenoxy) is 1. The Hall–Kier alpha value is -2.38. The number of amides is 1. The van der Waals surface area contributed by atoms with Crippen molar-refractivity contribution in [3.63, 3.8) is 0 Å². The van der Waals surface area contributed by atoms with Gasteiger partial charge in [0.25, 0.3) is 0 Å². The van der Waals surface area contributed by atoms with Crippen molar-refractivity contribution >= 4 is 17.7 Å². The van der Waals surface area contributed by atoms with Gasteiger partial charge in [-0.3, -0.25) is 0 Å². The minimum Gasteiger partial charge on any atom is -0.444 e. The molecule has 0 aromatic carbocycles. The van der Waals surface area contributed by atoms with Crippen LogP contribution in [0.4, 0.5) is 16.4 Å². The molecule has 0 radical (unpaired) electrons. The minimum absolute atomic E-state index is 0.00841. The van der Waals surface area contributed by atoms with Crippen molar-refractivity contribution in [2.24, 2.45) is 0 Å². The number of carbonyl (C=O) groups excluding carboxylic acids is 1. The number of nitro groups is 1. The molecule has 126 valence electrons. The van der Waals surface area contributed by atoms with E-state index in [4.69, 9.17) is 4.74 Å². The van der Waals surface area contributed by atoms with E-state index in [2.05, 4.69) is 4.98 Å². The zero-order valence-corrected chi connectivity index (χ0v) is 13.9. The van der Waals surface area contributed by atoms with Gasteiger partial charge in [0.1, 0.15) is 5.60 Å². The summed E-state index contributed by atoms with van der Waals surface area (Å²) in [7, 11) is 1.71. The average molecular weight is 322 g/mol. The monoisotopic (exact) mass is 322 g/mol. The van der Waals surface area contributed by atoms with Crippen LogP contribution < -0.4 is 4.90 Å². The summed E-state index contributed by atoms with van der Waals surface area (Å²) in [6.07, 6.45) is 0.400. The first kappa shape index (κ1) is 17.0. The van der Waals surface area contributed by atoms with Gasteiger partial charge in [0.05, 0.1) is 6.04 Å². The van der Waals surface area contributed by atoms with Crippen LogP contribution in [0.25, 0.3) is 0 Å². The van der Waals surface area contributed by atoms with Gasteiger partial charge in [-0.1, -0.05) is 0 Å². The van der Waals surface area contributed by atoms with Gasteiger partial charge in [-0.15, -0.1) is 0 Å². The summed E-state index contributed by atoms with van der Waals surface area (Å²) >= 11 is 0. The van der Waals surface area contributed by atoms with Crippen molar-refractivity contribution in [3.05, 3.63) is 28.3 Å². The van der Waals surface area contributed by atoms with Crippen LogP contribution in [-0.2, 0) is 4.74 Å². The molecule has 23 heavy (non-hydrogen) atoms. The molecule has 1 atom stereocenters. The number of aromatic nitrogens is 1. The van der Waals surface area contributed by atoms with E-state index in [0.29, 0.717) is 18.9 Å². The number of pyridine rings is 1. The van der Waals surface area contributed by atoms with Gasteiger partial charge in [-0.05, 0) is 43.2 Å². The molecule has 2 heterocycles. The van der Waals surface area contributed by atoms with E-state index < -0.39 is 10.5 Å². The lowest BCUT2D eigenvalue weighted by Crippen LogP contribution is -2.42. The molecular formula is C15H22N4O4. The molecule has 0 N–H and O–H groups in total. The molecule has 0 bridgehead atoms. The second-order valence-corrected chi connectivity index (χ2v) is 6.59. The number of carbonyl (C=O) groups is 1. The van der Waals surface area contributed by atoms with E-state index in [0.717, 1.165) is 6.42 Å². The van der Waals surface area contributed by atoms with Crippen molar-refractivity contribution in [1.29, 1.82) is 0 Å². The second kappa shape index (κ2) is 6.39. The van der Waals surface area contributed by atoms with Crippen LogP contribution in [0.1, 0.15) is 27.2 Å². The molecular weight excluding hydrogens is 300 g/mol. The second-order valence-electron chi connectivity index (χ2n) is 6.59. The van der Waals surface area contributed by atoms with Crippen molar-refractivity contribution in [2.75, 3.05) is 25.0 Å². The Labute approximate surface area is 135 Å². The third-order valence-electron chi connectivity index (χ3n) is 3.62. The van der Waals surface area contributed by atoms with Crippen molar-refractivity contribution in [1.82, 2.24) is 9.88 Å². The highest BCUT2D eigenvalue weighted by atomic mass is 16.6. The zero-order chi connectivity index (χ0) is 17.2. The Morgan fingerprint density at radius 1 is 1.48 bits per heavy atom. The highest BCUT2D eigenvalue weighted by molar-refractivity contribution is 5.68. The largest absolute Gasteiger partial charge is 0.444 e. The lowest BCUT2D eigenvalue weighted by atomic mass is 10.2. The molecule has 0 unspecified atom stereocenters. The lowest BCUT2D eigenvalue weighted by molar-refractivity contribution is -0.389. The van der Waals surface area contributed by atoms with E-state index >= 15 is 0 Å². The maximum Gasteiger partial charge on any atom is 0.410 e. The van der Waals surface area contributed by atoms with Crippen molar-refractivity contribution in [2.45, 2.75) is 38.8 Å². The van der Waals surface area contributed by atoms with Crippen LogP contribution in [-0.4, -0.2) is 52.7 Å². The highest BCUT2D eigenvalue weighted by Crippen LogP contribution is 2.23. The summed E-state index contributed by atoms with van der Waals surface area (Å²) in [6.45, 7) is 6.74. The Morgan fingerprint density at radius 3 is 2.78 bits per heavy atom. The van der Waals surface area contributed by atoms with Crippen LogP contribution >= 0.6 is 0 Å². The summed E-state index contributed by atoms with van der Waals surface area (Å²) < 4.78 is 5.37. The number of likely N-dealkylation sites (N-methyl/N-ethyl adjacent to an activating group) is 1. The van der Waals surface area contributed by atoms with Gasteiger partial charge in [-0.25, -0.2) is 4.79 Å². The summed E-state index contributed by atoms with van der Waals surface area (Å²) in [4.78, 5) is 30.0. The van der Waals surface area contributed by atoms with E-state index in [1.165, 1.54) is 6.07 Å². The standard InChI is InChI=1S/C15H22N4O4/c1-15(2,3)23-14(20)17(4)11-8-9-18(10-11)12-6-5-7-13(16-12)19(21)22/h5-7,11H,8-10H2,1-4H3/t11-/m0/s1. The number of nitrogens with zero attached hydrogens (tertiary/aromatic N) is 4. The molecule has 0 aliphatic carbocycles. The van der Waals surface area contributed by atoms with Crippen LogP contribution in [0.3, 0.4) is 0 Å². The van der Waals surface area contributed by atoms with Crippen molar-refractivity contribution in [3.8, 4) is 0 Å². The smallest absolute Gasteiger partial charge is 0.410 e. The highest BCUT2D eigenvalue weighted by Gasteiger charge is 2.32. The maximum absolute atomic E-state index is 12.1. The SMILES string of the molecule is CN(C(=O)OC(C)(C)C)[C@H]1CCN(c2cccc([N+](=O)[O-])n2)C1. The Bertz CT molecular complexity index is 599. The fourth-order valence-electron chi connectivity index (χ4n) is 2.44. The minimum atomic E-state index is -0.536. The first-order valence-corrected chi connectivity index (χ1v) is 7.49. The third kappa shape index (κ3) is 4.30. The lowest BCUT2D eigenvalue weighted by Gasteiger charge is -2.28. The first-order valence-electron chi connectivity index (χ1n) is 7.49. The fraction of sp³-hybridized carbons (Fsp3) is 0.600.